The van der Waals surface area contributed by atoms with Gasteiger partial charge in [0, 0.05) is 24.0 Å². The first-order valence-electron chi connectivity index (χ1n) is 8.11. The SMILES string of the molecule is Cl.[N-]=[N+]=NC[C@H]1C[C@H](c2ccc(OC(F)F)c(OCC3CC3)c2)CN1. The molecule has 138 valence electrons. The molecule has 1 saturated carbocycles. The summed E-state index contributed by atoms with van der Waals surface area (Å²) < 4.78 is 35.4. The fraction of sp³-hybridized carbons (Fsp3) is 0.625. The van der Waals surface area contributed by atoms with Crippen molar-refractivity contribution in [1.82, 2.24) is 5.32 Å². The summed E-state index contributed by atoms with van der Waals surface area (Å²) in [5.74, 6) is 1.20. The number of benzene rings is 1. The van der Waals surface area contributed by atoms with Gasteiger partial charge >= 0.3 is 6.61 Å². The molecular weight excluding hydrogens is 354 g/mol. The maximum atomic E-state index is 12.6. The molecule has 25 heavy (non-hydrogen) atoms. The van der Waals surface area contributed by atoms with Crippen LogP contribution in [0, 0.1) is 5.92 Å². The molecular formula is C16H21ClF2N4O2. The van der Waals surface area contributed by atoms with Crippen molar-refractivity contribution in [2.45, 2.75) is 37.8 Å². The Balaban J connectivity index is 0.00000225. The number of halogens is 3. The van der Waals surface area contributed by atoms with Crippen LogP contribution in [0.5, 0.6) is 11.5 Å². The molecule has 1 aliphatic heterocycles. The van der Waals surface area contributed by atoms with E-state index in [2.05, 4.69) is 20.1 Å². The average Bonchev–Trinajstić information content (AvgIpc) is 3.27. The zero-order valence-corrected chi connectivity index (χ0v) is 14.4. The minimum absolute atomic E-state index is 0. The van der Waals surface area contributed by atoms with Crippen molar-refractivity contribution in [3.05, 3.63) is 34.2 Å². The van der Waals surface area contributed by atoms with Crippen LogP contribution in [-0.2, 0) is 0 Å². The van der Waals surface area contributed by atoms with Crippen LogP contribution in [-0.4, -0.2) is 32.3 Å². The second-order valence-corrected chi connectivity index (χ2v) is 6.29. The van der Waals surface area contributed by atoms with E-state index < -0.39 is 6.61 Å². The lowest BCUT2D eigenvalue weighted by molar-refractivity contribution is -0.0515. The van der Waals surface area contributed by atoms with Gasteiger partial charge in [-0.1, -0.05) is 11.2 Å². The van der Waals surface area contributed by atoms with Crippen LogP contribution in [0.25, 0.3) is 10.4 Å². The number of hydrogen-bond acceptors (Lipinski definition) is 4. The van der Waals surface area contributed by atoms with Crippen molar-refractivity contribution < 1.29 is 18.3 Å². The molecule has 0 radical (unpaired) electrons. The molecule has 0 aromatic heterocycles. The van der Waals surface area contributed by atoms with E-state index in [1.54, 1.807) is 18.2 Å². The largest absolute Gasteiger partial charge is 0.489 e. The van der Waals surface area contributed by atoms with Crippen LogP contribution < -0.4 is 14.8 Å². The molecule has 1 aromatic rings. The van der Waals surface area contributed by atoms with E-state index in [0.29, 0.717) is 24.8 Å². The van der Waals surface area contributed by atoms with E-state index in [-0.39, 0.29) is 30.1 Å². The smallest absolute Gasteiger partial charge is 0.387 e. The Kier molecular flexibility index (Phi) is 7.11. The second kappa shape index (κ2) is 9.08. The lowest BCUT2D eigenvalue weighted by atomic mass is 9.96. The molecule has 0 amide bonds. The van der Waals surface area contributed by atoms with Gasteiger partial charge in [-0.3, -0.25) is 0 Å². The summed E-state index contributed by atoms with van der Waals surface area (Å²) in [6, 6.07) is 5.27. The summed E-state index contributed by atoms with van der Waals surface area (Å²) in [6.07, 6.45) is 3.08. The van der Waals surface area contributed by atoms with E-state index in [0.717, 1.165) is 31.4 Å². The fourth-order valence-corrected chi connectivity index (χ4v) is 2.92. The van der Waals surface area contributed by atoms with Gasteiger partial charge in [-0.15, -0.1) is 12.4 Å². The molecule has 2 fully saturated rings. The molecule has 1 N–H and O–H groups in total. The van der Waals surface area contributed by atoms with E-state index in [9.17, 15) is 8.78 Å². The quantitative estimate of drug-likeness (QED) is 0.419. The number of alkyl halides is 2. The normalized spacial score (nSPS) is 22.2. The molecule has 6 nitrogen and oxygen atoms in total. The van der Waals surface area contributed by atoms with Crippen LogP contribution in [0.15, 0.2) is 23.3 Å². The molecule has 0 bridgehead atoms. The summed E-state index contributed by atoms with van der Waals surface area (Å²) >= 11 is 0. The van der Waals surface area contributed by atoms with Crippen molar-refractivity contribution in [3.63, 3.8) is 0 Å². The zero-order chi connectivity index (χ0) is 16.9. The van der Waals surface area contributed by atoms with Crippen LogP contribution in [0.1, 0.15) is 30.7 Å². The summed E-state index contributed by atoms with van der Waals surface area (Å²) in [7, 11) is 0. The molecule has 1 heterocycles. The Labute approximate surface area is 150 Å². The van der Waals surface area contributed by atoms with Crippen molar-refractivity contribution >= 4 is 12.4 Å². The third-order valence-electron chi connectivity index (χ3n) is 4.41. The number of azide groups is 1. The van der Waals surface area contributed by atoms with Gasteiger partial charge in [0.1, 0.15) is 0 Å². The van der Waals surface area contributed by atoms with E-state index >= 15 is 0 Å². The Morgan fingerprint density at radius 1 is 1.32 bits per heavy atom. The number of nitrogens with zero attached hydrogens (tertiary/aromatic N) is 3. The first-order chi connectivity index (χ1) is 11.7. The van der Waals surface area contributed by atoms with Gasteiger partial charge < -0.3 is 14.8 Å². The predicted molar refractivity (Wildman–Crippen MR) is 91.7 cm³/mol. The lowest BCUT2D eigenvalue weighted by Gasteiger charge is -2.16. The Hall–Kier alpha value is -1.76. The van der Waals surface area contributed by atoms with E-state index in [4.69, 9.17) is 10.3 Å². The summed E-state index contributed by atoms with van der Waals surface area (Å²) in [5.41, 5.74) is 9.41. The third-order valence-corrected chi connectivity index (χ3v) is 4.41. The number of hydrogen-bond donors (Lipinski definition) is 1. The van der Waals surface area contributed by atoms with Gasteiger partial charge in [0.25, 0.3) is 0 Å². The number of ether oxygens (including phenoxy) is 2. The molecule has 2 aliphatic rings. The van der Waals surface area contributed by atoms with Gasteiger partial charge in [-0.2, -0.15) is 8.78 Å². The summed E-state index contributed by atoms with van der Waals surface area (Å²) in [6.45, 7) is -1.18. The minimum atomic E-state index is -2.87. The van der Waals surface area contributed by atoms with Gasteiger partial charge in [0.15, 0.2) is 11.5 Å². The van der Waals surface area contributed by atoms with Gasteiger partial charge in [-0.25, -0.2) is 0 Å². The highest BCUT2D eigenvalue weighted by Crippen LogP contribution is 2.37. The van der Waals surface area contributed by atoms with Crippen LogP contribution in [0.4, 0.5) is 8.78 Å². The highest BCUT2D eigenvalue weighted by atomic mass is 35.5. The van der Waals surface area contributed by atoms with Crippen LogP contribution in [0.2, 0.25) is 0 Å². The van der Waals surface area contributed by atoms with Crippen molar-refractivity contribution in [2.75, 3.05) is 19.7 Å². The topological polar surface area (TPSA) is 79.3 Å². The van der Waals surface area contributed by atoms with Crippen molar-refractivity contribution in [3.8, 4) is 11.5 Å². The predicted octanol–water partition coefficient (Wildman–Crippen LogP) is 4.25. The fourth-order valence-electron chi connectivity index (χ4n) is 2.92. The van der Waals surface area contributed by atoms with Crippen molar-refractivity contribution in [2.24, 2.45) is 11.0 Å². The molecule has 0 spiro atoms. The maximum Gasteiger partial charge on any atom is 0.387 e. The first kappa shape index (κ1) is 19.6. The standard InChI is InChI=1S/C16H20F2N4O2.ClH/c17-16(18)24-14-4-3-11(6-15(14)23-9-10-1-2-10)12-5-13(20-7-12)8-21-22-19;/h3-4,6,10,12-13,16,20H,1-2,5,7-9H2;1H/t12-,13+;/m0./s1. The van der Waals surface area contributed by atoms with E-state index in [1.807, 2.05) is 0 Å². The minimum Gasteiger partial charge on any atom is -0.489 e. The Morgan fingerprint density at radius 2 is 2.12 bits per heavy atom. The summed E-state index contributed by atoms with van der Waals surface area (Å²) in [5, 5.41) is 6.90. The maximum absolute atomic E-state index is 12.6. The molecule has 1 saturated heterocycles. The molecule has 9 heteroatoms. The molecule has 2 atom stereocenters. The van der Waals surface area contributed by atoms with E-state index in [1.165, 1.54) is 0 Å². The Bertz CT molecular complexity index is 624. The van der Waals surface area contributed by atoms with Gasteiger partial charge in [0.2, 0.25) is 0 Å². The molecule has 0 unspecified atom stereocenters. The highest BCUT2D eigenvalue weighted by molar-refractivity contribution is 5.85. The molecule has 3 rings (SSSR count). The Morgan fingerprint density at radius 3 is 2.80 bits per heavy atom. The first-order valence-corrected chi connectivity index (χ1v) is 8.11. The zero-order valence-electron chi connectivity index (χ0n) is 13.6. The third kappa shape index (κ3) is 5.63. The average molecular weight is 375 g/mol. The monoisotopic (exact) mass is 374 g/mol. The second-order valence-electron chi connectivity index (χ2n) is 6.29. The molecule has 1 aliphatic carbocycles. The highest BCUT2D eigenvalue weighted by Gasteiger charge is 2.27. The van der Waals surface area contributed by atoms with Gasteiger partial charge in [0.05, 0.1) is 6.61 Å². The van der Waals surface area contributed by atoms with Crippen molar-refractivity contribution in [1.29, 1.82) is 0 Å². The van der Waals surface area contributed by atoms with Crippen LogP contribution >= 0.6 is 12.4 Å². The van der Waals surface area contributed by atoms with Crippen LogP contribution in [0.3, 0.4) is 0 Å². The van der Waals surface area contributed by atoms with Gasteiger partial charge in [-0.05, 0) is 54.3 Å². The molecule has 1 aromatic carbocycles. The number of nitrogens with one attached hydrogen (secondary N) is 1. The summed E-state index contributed by atoms with van der Waals surface area (Å²) in [4.78, 5) is 2.77. The lowest BCUT2D eigenvalue weighted by Crippen LogP contribution is -2.23. The number of rotatable bonds is 8.